The van der Waals surface area contributed by atoms with E-state index in [1.165, 1.54) is 107 Å². The van der Waals surface area contributed by atoms with Crippen molar-refractivity contribution in [3.8, 4) is 0 Å². The molecule has 38 heavy (non-hydrogen) atoms. The number of carboxylic acids is 1. The largest absolute Gasteiger partial charge is 0.481 e. The van der Waals surface area contributed by atoms with E-state index in [0.29, 0.717) is 0 Å². The third-order valence-electron chi connectivity index (χ3n) is 8.31. The van der Waals surface area contributed by atoms with Crippen molar-refractivity contribution in [2.24, 2.45) is 0 Å². The van der Waals surface area contributed by atoms with E-state index in [0.717, 1.165) is 18.4 Å². The van der Waals surface area contributed by atoms with E-state index in [2.05, 4.69) is 59.7 Å². The number of rotatable bonds is 22. The van der Waals surface area contributed by atoms with Gasteiger partial charge in [0.1, 0.15) is 0 Å². The van der Waals surface area contributed by atoms with E-state index in [9.17, 15) is 15.0 Å². The van der Waals surface area contributed by atoms with Crippen molar-refractivity contribution in [1.29, 1.82) is 0 Å². The highest BCUT2D eigenvalue weighted by Gasteiger charge is 2.28. The molecule has 0 spiro atoms. The van der Waals surface area contributed by atoms with Gasteiger partial charge >= 0.3 is 5.97 Å². The van der Waals surface area contributed by atoms with Crippen LogP contribution >= 0.6 is 0 Å². The van der Waals surface area contributed by atoms with Crippen LogP contribution in [0.3, 0.4) is 0 Å². The van der Waals surface area contributed by atoms with E-state index in [-0.39, 0.29) is 29.8 Å². The standard InChI is InChI=1S/C35H62O3/c1-7-8-9-10-11-12-13-14-15-16-17-18-19-20-21-22-23-29(26-33(37)38)31-25-24-30(35(5,6)28-36)27-32(31)34(2,3)4/h24-25,27,29,36H,7-23,26,28H2,1-6H3,(H,37,38). The van der Waals surface area contributed by atoms with Crippen molar-refractivity contribution in [2.45, 2.75) is 174 Å². The topological polar surface area (TPSA) is 57.5 Å². The number of carboxylic acid groups (broad SMARTS) is 1. The second-order valence-corrected chi connectivity index (χ2v) is 13.5. The van der Waals surface area contributed by atoms with Gasteiger partial charge in [0.2, 0.25) is 0 Å². The minimum absolute atomic E-state index is 0.0414. The number of hydrogen-bond acceptors (Lipinski definition) is 2. The Morgan fingerprint density at radius 1 is 0.737 bits per heavy atom. The summed E-state index contributed by atoms with van der Waals surface area (Å²) in [4.78, 5) is 11.8. The first-order valence-electron chi connectivity index (χ1n) is 16.0. The molecule has 1 rings (SSSR count). The molecule has 220 valence electrons. The van der Waals surface area contributed by atoms with Gasteiger partial charge in [-0.15, -0.1) is 0 Å². The first-order valence-corrected chi connectivity index (χ1v) is 16.0. The molecule has 0 aliphatic rings. The summed E-state index contributed by atoms with van der Waals surface area (Å²) >= 11 is 0. The van der Waals surface area contributed by atoms with Crippen LogP contribution in [0, 0.1) is 0 Å². The lowest BCUT2D eigenvalue weighted by molar-refractivity contribution is -0.137. The van der Waals surface area contributed by atoms with Gasteiger partial charge in [0.05, 0.1) is 13.0 Å². The zero-order valence-corrected chi connectivity index (χ0v) is 26.0. The SMILES string of the molecule is CCCCCCCCCCCCCCCCCCC(CC(=O)O)c1ccc(C(C)(C)CO)cc1C(C)(C)C. The normalized spacial score (nSPS) is 13.1. The lowest BCUT2D eigenvalue weighted by Gasteiger charge is -2.31. The molecule has 2 N–H and O–H groups in total. The molecule has 0 radical (unpaired) electrons. The van der Waals surface area contributed by atoms with Crippen molar-refractivity contribution >= 4 is 5.97 Å². The molecule has 0 saturated carbocycles. The zero-order valence-electron chi connectivity index (χ0n) is 26.0. The molecule has 0 fully saturated rings. The molecule has 3 heteroatoms. The van der Waals surface area contributed by atoms with Gasteiger partial charge in [0.15, 0.2) is 0 Å². The quantitative estimate of drug-likeness (QED) is 0.147. The Morgan fingerprint density at radius 2 is 1.18 bits per heavy atom. The Kier molecular flexibility index (Phi) is 17.2. The highest BCUT2D eigenvalue weighted by Crippen LogP contribution is 2.38. The number of benzene rings is 1. The number of unbranched alkanes of at least 4 members (excludes halogenated alkanes) is 15. The van der Waals surface area contributed by atoms with Gasteiger partial charge in [-0.1, -0.05) is 162 Å². The summed E-state index contributed by atoms with van der Waals surface area (Å²) in [6.07, 6.45) is 22.7. The minimum Gasteiger partial charge on any atom is -0.481 e. The maximum Gasteiger partial charge on any atom is 0.303 e. The molecule has 0 saturated heterocycles. The third-order valence-corrected chi connectivity index (χ3v) is 8.31. The van der Waals surface area contributed by atoms with E-state index >= 15 is 0 Å². The van der Waals surface area contributed by atoms with E-state index in [4.69, 9.17) is 0 Å². The van der Waals surface area contributed by atoms with Crippen LogP contribution in [0.25, 0.3) is 0 Å². The van der Waals surface area contributed by atoms with Gasteiger partial charge < -0.3 is 10.2 Å². The Morgan fingerprint density at radius 3 is 1.58 bits per heavy atom. The van der Waals surface area contributed by atoms with Gasteiger partial charge in [-0.05, 0) is 34.4 Å². The molecular formula is C35H62O3. The smallest absolute Gasteiger partial charge is 0.303 e. The van der Waals surface area contributed by atoms with Gasteiger partial charge in [-0.3, -0.25) is 4.79 Å². The summed E-state index contributed by atoms with van der Waals surface area (Å²) in [6, 6.07) is 6.46. The average Bonchev–Trinajstić information content (AvgIpc) is 2.86. The number of aliphatic hydroxyl groups excluding tert-OH is 1. The molecular weight excluding hydrogens is 468 g/mol. The molecule has 0 aromatic heterocycles. The molecule has 0 heterocycles. The number of aliphatic hydroxyl groups is 1. The molecule has 0 amide bonds. The highest BCUT2D eigenvalue weighted by atomic mass is 16.4. The van der Waals surface area contributed by atoms with Crippen molar-refractivity contribution in [2.75, 3.05) is 6.61 Å². The van der Waals surface area contributed by atoms with Gasteiger partial charge in [0.25, 0.3) is 0 Å². The van der Waals surface area contributed by atoms with Crippen LogP contribution < -0.4 is 0 Å². The molecule has 1 aromatic carbocycles. The van der Waals surface area contributed by atoms with Gasteiger partial charge in [-0.25, -0.2) is 0 Å². The first-order chi connectivity index (χ1) is 18.0. The summed E-state index contributed by atoms with van der Waals surface area (Å²) in [5.41, 5.74) is 3.12. The van der Waals surface area contributed by atoms with Crippen LogP contribution in [-0.2, 0) is 15.6 Å². The second kappa shape index (κ2) is 18.9. The van der Waals surface area contributed by atoms with Crippen LogP contribution in [0.1, 0.15) is 180 Å². The summed E-state index contributed by atoms with van der Waals surface area (Å²) in [7, 11) is 0. The van der Waals surface area contributed by atoms with Crippen molar-refractivity contribution in [3.05, 3.63) is 34.9 Å². The second-order valence-electron chi connectivity index (χ2n) is 13.5. The lowest BCUT2D eigenvalue weighted by Crippen LogP contribution is -2.25. The molecule has 1 atom stereocenters. The fourth-order valence-electron chi connectivity index (χ4n) is 5.59. The van der Waals surface area contributed by atoms with Crippen LogP contribution in [0.15, 0.2) is 18.2 Å². The monoisotopic (exact) mass is 530 g/mol. The Balaban J connectivity index is 2.42. The lowest BCUT2D eigenvalue weighted by atomic mass is 9.74. The first kappa shape index (κ1) is 34.7. The number of aliphatic carboxylic acids is 1. The van der Waals surface area contributed by atoms with Crippen molar-refractivity contribution in [1.82, 2.24) is 0 Å². The van der Waals surface area contributed by atoms with E-state index in [1.54, 1.807) is 0 Å². The minimum atomic E-state index is -0.717. The predicted molar refractivity (Wildman–Crippen MR) is 164 cm³/mol. The van der Waals surface area contributed by atoms with E-state index < -0.39 is 5.97 Å². The van der Waals surface area contributed by atoms with Gasteiger partial charge in [-0.2, -0.15) is 0 Å². The molecule has 3 nitrogen and oxygen atoms in total. The summed E-state index contributed by atoms with van der Waals surface area (Å²) in [6.45, 7) is 13.1. The predicted octanol–water partition coefficient (Wildman–Crippen LogP) is 10.5. The van der Waals surface area contributed by atoms with Crippen LogP contribution in [-0.4, -0.2) is 22.8 Å². The van der Waals surface area contributed by atoms with Gasteiger partial charge in [0, 0.05) is 5.41 Å². The van der Waals surface area contributed by atoms with Crippen molar-refractivity contribution in [3.63, 3.8) is 0 Å². The number of hydrogen-bond donors (Lipinski definition) is 2. The summed E-state index contributed by atoms with van der Waals surface area (Å²) in [5, 5.41) is 19.5. The maximum atomic E-state index is 11.8. The third kappa shape index (κ3) is 14.2. The maximum absolute atomic E-state index is 11.8. The molecule has 1 unspecified atom stereocenters. The Hall–Kier alpha value is -1.35. The molecule has 0 bridgehead atoms. The average molecular weight is 531 g/mol. The Bertz CT molecular complexity index is 759. The van der Waals surface area contributed by atoms with Crippen LogP contribution in [0.5, 0.6) is 0 Å². The van der Waals surface area contributed by atoms with Crippen LogP contribution in [0.4, 0.5) is 0 Å². The summed E-state index contributed by atoms with van der Waals surface area (Å²) < 4.78 is 0. The fourth-order valence-corrected chi connectivity index (χ4v) is 5.59. The molecule has 1 aromatic rings. The fraction of sp³-hybridized carbons (Fsp3) is 0.800. The molecule has 0 aliphatic heterocycles. The van der Waals surface area contributed by atoms with Crippen LogP contribution in [0.2, 0.25) is 0 Å². The molecule has 0 aliphatic carbocycles. The Labute approximate surface area is 236 Å². The number of carbonyl (C=O) groups is 1. The highest BCUT2D eigenvalue weighted by molar-refractivity contribution is 5.68. The van der Waals surface area contributed by atoms with E-state index in [1.807, 2.05) is 0 Å². The summed E-state index contributed by atoms with van der Waals surface area (Å²) in [5.74, 6) is -0.675. The van der Waals surface area contributed by atoms with Crippen molar-refractivity contribution < 1.29 is 15.0 Å². The zero-order chi connectivity index (χ0) is 28.4.